The minimum absolute atomic E-state index is 0.226. The fourth-order valence-electron chi connectivity index (χ4n) is 6.14. The van der Waals surface area contributed by atoms with Crippen LogP contribution in [0.2, 0.25) is 0 Å². The number of nitrogens with zero attached hydrogens (tertiary/aromatic N) is 3. The Morgan fingerprint density at radius 3 is 1.80 bits per heavy atom. The summed E-state index contributed by atoms with van der Waals surface area (Å²) in [5.41, 5.74) is 8.69. The lowest BCUT2D eigenvalue weighted by molar-refractivity contribution is 0.612. The summed E-state index contributed by atoms with van der Waals surface area (Å²) >= 11 is 0. The summed E-state index contributed by atoms with van der Waals surface area (Å²) < 4.78 is 4.53. The topological polar surface area (TPSA) is 34.8 Å². The van der Waals surface area contributed by atoms with E-state index in [1.165, 1.54) is 50.2 Å². The van der Waals surface area contributed by atoms with Crippen molar-refractivity contribution in [2.75, 3.05) is 6.54 Å². The Hall–Kier alpha value is -4.41. The Morgan fingerprint density at radius 2 is 1.17 bits per heavy atom. The predicted molar refractivity (Wildman–Crippen MR) is 170 cm³/mol. The minimum atomic E-state index is 0.226. The van der Waals surface area contributed by atoms with Crippen molar-refractivity contribution in [1.82, 2.24) is 19.4 Å². The molecule has 0 fully saturated rings. The van der Waals surface area contributed by atoms with E-state index in [0.717, 1.165) is 31.1 Å². The lowest BCUT2D eigenvalue weighted by Crippen LogP contribution is -2.18. The molecule has 206 valence electrons. The molecule has 0 aliphatic carbocycles. The van der Waals surface area contributed by atoms with E-state index in [9.17, 15) is 0 Å². The van der Waals surface area contributed by atoms with Crippen LogP contribution in [0, 0.1) is 27.7 Å². The van der Waals surface area contributed by atoms with Gasteiger partial charge in [-0.2, -0.15) is 0 Å². The Morgan fingerprint density at radius 1 is 0.610 bits per heavy atom. The second-order valence-electron chi connectivity index (χ2n) is 11.1. The van der Waals surface area contributed by atoms with Gasteiger partial charge in [-0.25, -0.2) is 4.98 Å². The number of nitrogens with one attached hydrogen (secondary N) is 1. The van der Waals surface area contributed by atoms with Crippen molar-refractivity contribution in [3.05, 3.63) is 149 Å². The first-order chi connectivity index (χ1) is 20.0. The van der Waals surface area contributed by atoms with Crippen molar-refractivity contribution >= 4 is 10.8 Å². The molecule has 6 aromatic rings. The predicted octanol–water partition coefficient (Wildman–Crippen LogP) is 8.36. The van der Waals surface area contributed by atoms with Crippen molar-refractivity contribution in [1.29, 1.82) is 0 Å². The molecule has 0 amide bonds. The first kappa shape index (κ1) is 26.8. The van der Waals surface area contributed by atoms with Crippen LogP contribution < -0.4 is 5.32 Å². The third kappa shape index (κ3) is 5.48. The number of pyridine rings is 1. The second-order valence-corrected chi connectivity index (χ2v) is 11.1. The van der Waals surface area contributed by atoms with Crippen LogP contribution >= 0.6 is 0 Å². The van der Waals surface area contributed by atoms with Crippen LogP contribution in [0.1, 0.15) is 51.8 Å². The van der Waals surface area contributed by atoms with Crippen molar-refractivity contribution in [2.24, 2.45) is 0 Å². The van der Waals surface area contributed by atoms with Crippen molar-refractivity contribution in [3.63, 3.8) is 0 Å². The fraction of sp³-hybridized carbons (Fsp3) is 0.216. The number of aromatic nitrogens is 3. The quantitative estimate of drug-likeness (QED) is 0.188. The summed E-state index contributed by atoms with van der Waals surface area (Å²) in [6, 6.07) is 39.4. The zero-order chi connectivity index (χ0) is 28.3. The van der Waals surface area contributed by atoms with Crippen molar-refractivity contribution in [3.8, 4) is 11.6 Å². The molecule has 3 heterocycles. The van der Waals surface area contributed by atoms with E-state index in [1.807, 2.05) is 0 Å². The number of hydrogen-bond donors (Lipinski definition) is 1. The number of fused-ring (bicyclic) bond motifs is 1. The molecule has 1 unspecified atom stereocenters. The van der Waals surface area contributed by atoms with Gasteiger partial charge in [-0.15, -0.1) is 0 Å². The van der Waals surface area contributed by atoms with Crippen LogP contribution in [0.3, 0.4) is 0 Å². The van der Waals surface area contributed by atoms with Gasteiger partial charge in [0, 0.05) is 35.2 Å². The average molecular weight is 539 g/mol. The van der Waals surface area contributed by atoms with Crippen LogP contribution in [0.15, 0.2) is 109 Å². The molecule has 41 heavy (non-hydrogen) atoms. The molecule has 3 aromatic heterocycles. The summed E-state index contributed by atoms with van der Waals surface area (Å²) in [5, 5.41) is 6.37. The monoisotopic (exact) mass is 538 g/mol. The highest BCUT2D eigenvalue weighted by molar-refractivity contribution is 5.85. The maximum Gasteiger partial charge on any atom is 0.139 e. The molecule has 6 rings (SSSR count). The number of benzene rings is 3. The van der Waals surface area contributed by atoms with Gasteiger partial charge in [0.1, 0.15) is 11.6 Å². The number of aryl methyl sites for hydroxylation is 4. The molecule has 4 heteroatoms. The summed E-state index contributed by atoms with van der Waals surface area (Å²) in [7, 11) is 0. The zero-order valence-corrected chi connectivity index (χ0v) is 24.4. The maximum atomic E-state index is 5.21. The fourth-order valence-corrected chi connectivity index (χ4v) is 6.14. The zero-order valence-electron chi connectivity index (χ0n) is 24.4. The molecule has 0 aliphatic heterocycles. The maximum absolute atomic E-state index is 5.21. The molecule has 4 nitrogen and oxygen atoms in total. The van der Waals surface area contributed by atoms with Gasteiger partial charge in [-0.3, -0.25) is 0 Å². The third-order valence-electron chi connectivity index (χ3n) is 8.23. The highest BCUT2D eigenvalue weighted by atomic mass is 15.1. The second kappa shape index (κ2) is 11.6. The van der Waals surface area contributed by atoms with Gasteiger partial charge in [0.05, 0.1) is 0 Å². The molecule has 1 N–H and O–H groups in total. The number of hydrogen-bond acceptors (Lipinski definition) is 2. The highest BCUT2D eigenvalue weighted by Gasteiger charge is 2.19. The standard InChI is InChI=1S/C37H38N4/c1-26-17-18-27(2)40(26)36-23-33(24-37(39-36)41-28(3)19-20-29(41)4)35(30-11-6-5-7-12-30)21-22-38-25-32-15-10-14-31-13-8-9-16-34(31)32/h5-20,23-24,35,38H,21-22,25H2,1-4H3. The molecule has 0 radical (unpaired) electrons. The molecule has 0 saturated carbocycles. The molecule has 0 spiro atoms. The average Bonchev–Trinajstić information content (AvgIpc) is 3.52. The summed E-state index contributed by atoms with van der Waals surface area (Å²) in [4.78, 5) is 5.21. The normalized spacial score (nSPS) is 12.2. The SMILES string of the molecule is Cc1ccc(C)n1-c1cc(C(CCNCc2cccc3ccccc23)c2ccccc2)cc(-n2c(C)ccc2C)n1. The summed E-state index contributed by atoms with van der Waals surface area (Å²) in [6.07, 6.45) is 0.977. The van der Waals surface area contributed by atoms with E-state index in [2.05, 4.69) is 151 Å². The minimum Gasteiger partial charge on any atom is -0.313 e. The summed E-state index contributed by atoms with van der Waals surface area (Å²) in [5.74, 6) is 2.16. The third-order valence-corrected chi connectivity index (χ3v) is 8.23. The summed E-state index contributed by atoms with van der Waals surface area (Å²) in [6.45, 7) is 10.4. The molecule has 1 atom stereocenters. The molecule has 0 bridgehead atoms. The smallest absolute Gasteiger partial charge is 0.139 e. The Kier molecular flexibility index (Phi) is 7.58. The van der Waals surface area contributed by atoms with E-state index in [1.54, 1.807) is 0 Å². The number of rotatable bonds is 9. The largest absolute Gasteiger partial charge is 0.313 e. The molecular weight excluding hydrogens is 500 g/mol. The van der Waals surface area contributed by atoms with Crippen LogP contribution in [0.4, 0.5) is 0 Å². The van der Waals surface area contributed by atoms with Crippen LogP contribution in [-0.2, 0) is 6.54 Å². The van der Waals surface area contributed by atoms with Crippen LogP contribution in [0.25, 0.3) is 22.4 Å². The lowest BCUT2D eigenvalue weighted by Gasteiger charge is -2.22. The van der Waals surface area contributed by atoms with Gasteiger partial charge >= 0.3 is 0 Å². The van der Waals surface area contributed by atoms with Gasteiger partial charge in [0.25, 0.3) is 0 Å². The lowest BCUT2D eigenvalue weighted by atomic mass is 9.88. The van der Waals surface area contributed by atoms with E-state index >= 15 is 0 Å². The molecule has 0 aliphatic rings. The van der Waals surface area contributed by atoms with E-state index < -0.39 is 0 Å². The Labute approximate surface area is 243 Å². The van der Waals surface area contributed by atoms with Gasteiger partial charge in [-0.05, 0) is 105 Å². The van der Waals surface area contributed by atoms with Gasteiger partial charge in [-0.1, -0.05) is 72.8 Å². The van der Waals surface area contributed by atoms with E-state index in [4.69, 9.17) is 4.98 Å². The van der Waals surface area contributed by atoms with Gasteiger partial charge in [0.2, 0.25) is 0 Å². The van der Waals surface area contributed by atoms with Crippen LogP contribution in [-0.4, -0.2) is 20.7 Å². The molecule has 3 aromatic carbocycles. The van der Waals surface area contributed by atoms with Gasteiger partial charge < -0.3 is 14.5 Å². The van der Waals surface area contributed by atoms with E-state index in [0.29, 0.717) is 0 Å². The van der Waals surface area contributed by atoms with Crippen molar-refractivity contribution in [2.45, 2.75) is 46.6 Å². The van der Waals surface area contributed by atoms with E-state index in [-0.39, 0.29) is 5.92 Å². The Bertz CT molecular complexity index is 1680. The molecular formula is C37H38N4. The first-order valence-corrected chi connectivity index (χ1v) is 14.5. The van der Waals surface area contributed by atoms with Crippen LogP contribution in [0.5, 0.6) is 0 Å². The molecule has 0 saturated heterocycles. The van der Waals surface area contributed by atoms with Gasteiger partial charge in [0.15, 0.2) is 0 Å². The van der Waals surface area contributed by atoms with Crippen molar-refractivity contribution < 1.29 is 0 Å². The highest BCUT2D eigenvalue weighted by Crippen LogP contribution is 2.32. The first-order valence-electron chi connectivity index (χ1n) is 14.5. The Balaban J connectivity index is 1.36.